The number of hydrazone groups is 1. The molecule has 25 heavy (non-hydrogen) atoms. The lowest BCUT2D eigenvalue weighted by molar-refractivity contribution is 0.0955. The highest BCUT2D eigenvalue weighted by atomic mass is 79.9. The highest BCUT2D eigenvalue weighted by molar-refractivity contribution is 9.10. The maximum atomic E-state index is 12.2. The minimum Gasteiger partial charge on any atom is -0.377 e. The molecule has 0 aromatic heterocycles. The average Bonchev–Trinajstić information content (AvgIpc) is 2.61. The van der Waals surface area contributed by atoms with E-state index in [1.54, 1.807) is 12.3 Å². The van der Waals surface area contributed by atoms with Gasteiger partial charge in [0, 0.05) is 24.1 Å². The molecule has 3 aromatic rings. The van der Waals surface area contributed by atoms with Crippen LogP contribution >= 0.6 is 15.9 Å². The van der Waals surface area contributed by atoms with Gasteiger partial charge in [0.05, 0.1) is 11.9 Å². The number of hydrogen-bond donors (Lipinski definition) is 1. The standard InChI is InChI=1S/C20H18BrN3O/c1-24(2)19-10-7-14(11-18(19)21)13-22-23-20(25)17-9-8-15-5-3-4-6-16(15)12-17/h3-13H,1-2H3,(H,23,25)/b22-13-. The summed E-state index contributed by atoms with van der Waals surface area (Å²) in [6, 6.07) is 19.4. The number of carbonyl (C=O) groups excluding carboxylic acids is 1. The van der Waals surface area contributed by atoms with Crippen molar-refractivity contribution in [1.29, 1.82) is 0 Å². The Kier molecular flexibility index (Phi) is 5.14. The van der Waals surface area contributed by atoms with E-state index in [4.69, 9.17) is 0 Å². The number of rotatable bonds is 4. The third-order valence-corrected chi connectivity index (χ3v) is 4.48. The van der Waals surface area contributed by atoms with Gasteiger partial charge < -0.3 is 4.90 Å². The van der Waals surface area contributed by atoms with Crippen molar-refractivity contribution in [1.82, 2.24) is 5.43 Å². The SMILES string of the molecule is CN(C)c1ccc(/C=N\NC(=O)c2ccc3ccccc3c2)cc1Br. The second-order valence-electron chi connectivity index (χ2n) is 5.87. The predicted octanol–water partition coefficient (Wildman–Crippen LogP) is 4.43. The summed E-state index contributed by atoms with van der Waals surface area (Å²) in [5.41, 5.74) is 5.14. The zero-order valence-electron chi connectivity index (χ0n) is 14.0. The van der Waals surface area contributed by atoms with Crippen LogP contribution in [-0.4, -0.2) is 26.2 Å². The van der Waals surface area contributed by atoms with Crippen molar-refractivity contribution in [3.63, 3.8) is 0 Å². The molecule has 3 rings (SSSR count). The molecular weight excluding hydrogens is 378 g/mol. The van der Waals surface area contributed by atoms with Crippen LogP contribution in [0.1, 0.15) is 15.9 Å². The molecule has 0 aliphatic heterocycles. The molecule has 0 fully saturated rings. The Labute approximate surface area is 155 Å². The van der Waals surface area contributed by atoms with Crippen LogP contribution in [0.3, 0.4) is 0 Å². The third kappa shape index (κ3) is 4.06. The summed E-state index contributed by atoms with van der Waals surface area (Å²) in [5, 5.41) is 6.19. The number of nitrogens with one attached hydrogen (secondary N) is 1. The Bertz CT molecular complexity index is 951. The summed E-state index contributed by atoms with van der Waals surface area (Å²) in [4.78, 5) is 14.3. The minimum absolute atomic E-state index is 0.231. The molecule has 0 spiro atoms. The lowest BCUT2D eigenvalue weighted by atomic mass is 10.1. The van der Waals surface area contributed by atoms with E-state index in [2.05, 4.69) is 26.5 Å². The van der Waals surface area contributed by atoms with Crippen molar-refractivity contribution in [2.24, 2.45) is 5.10 Å². The van der Waals surface area contributed by atoms with Crippen LogP contribution in [-0.2, 0) is 0 Å². The van der Waals surface area contributed by atoms with E-state index >= 15 is 0 Å². The highest BCUT2D eigenvalue weighted by Gasteiger charge is 2.05. The summed E-state index contributed by atoms with van der Waals surface area (Å²) in [5.74, 6) is -0.231. The smallest absolute Gasteiger partial charge is 0.271 e. The first-order chi connectivity index (χ1) is 12.0. The van der Waals surface area contributed by atoms with E-state index in [1.807, 2.05) is 73.6 Å². The van der Waals surface area contributed by atoms with Gasteiger partial charge in [-0.25, -0.2) is 5.43 Å². The largest absolute Gasteiger partial charge is 0.377 e. The fourth-order valence-corrected chi connectivity index (χ4v) is 3.28. The van der Waals surface area contributed by atoms with Gasteiger partial charge in [-0.2, -0.15) is 5.10 Å². The number of fused-ring (bicyclic) bond motifs is 1. The van der Waals surface area contributed by atoms with Crippen LogP contribution in [0.15, 0.2) is 70.2 Å². The number of halogens is 1. The zero-order chi connectivity index (χ0) is 17.8. The lowest BCUT2D eigenvalue weighted by Crippen LogP contribution is -2.17. The molecule has 0 saturated carbocycles. The van der Waals surface area contributed by atoms with E-state index in [0.717, 1.165) is 26.5 Å². The molecule has 0 aliphatic carbocycles. The number of amides is 1. The summed E-state index contributed by atoms with van der Waals surface area (Å²) in [6.45, 7) is 0. The molecular formula is C20H18BrN3O. The van der Waals surface area contributed by atoms with Crippen molar-refractivity contribution in [2.45, 2.75) is 0 Å². The summed E-state index contributed by atoms with van der Waals surface area (Å²) in [7, 11) is 3.97. The first-order valence-electron chi connectivity index (χ1n) is 7.84. The van der Waals surface area contributed by atoms with Gasteiger partial charge in [0.2, 0.25) is 0 Å². The van der Waals surface area contributed by atoms with Crippen molar-refractivity contribution < 1.29 is 4.79 Å². The number of anilines is 1. The quantitative estimate of drug-likeness (QED) is 0.524. The molecule has 5 heteroatoms. The van der Waals surface area contributed by atoms with Crippen LogP contribution in [0, 0.1) is 0 Å². The fraction of sp³-hybridized carbons (Fsp3) is 0.100. The van der Waals surface area contributed by atoms with Crippen molar-refractivity contribution in [3.05, 3.63) is 76.3 Å². The summed E-state index contributed by atoms with van der Waals surface area (Å²) in [6.07, 6.45) is 1.63. The molecule has 0 heterocycles. The number of carbonyl (C=O) groups is 1. The van der Waals surface area contributed by atoms with Crippen LogP contribution < -0.4 is 10.3 Å². The van der Waals surface area contributed by atoms with Gasteiger partial charge in [-0.1, -0.05) is 36.4 Å². The molecule has 0 bridgehead atoms. The van der Waals surface area contributed by atoms with Gasteiger partial charge in [-0.05, 0) is 56.5 Å². The Morgan fingerprint density at radius 3 is 2.52 bits per heavy atom. The summed E-state index contributed by atoms with van der Waals surface area (Å²) >= 11 is 3.54. The molecule has 0 aliphatic rings. The van der Waals surface area contributed by atoms with Gasteiger partial charge in [0.1, 0.15) is 0 Å². The number of hydrogen-bond acceptors (Lipinski definition) is 3. The maximum absolute atomic E-state index is 12.2. The first kappa shape index (κ1) is 17.2. The second kappa shape index (κ2) is 7.49. The second-order valence-corrected chi connectivity index (χ2v) is 6.72. The third-order valence-electron chi connectivity index (χ3n) is 3.84. The van der Waals surface area contributed by atoms with E-state index in [0.29, 0.717) is 5.56 Å². The summed E-state index contributed by atoms with van der Waals surface area (Å²) < 4.78 is 0.974. The van der Waals surface area contributed by atoms with E-state index < -0.39 is 0 Å². The zero-order valence-corrected chi connectivity index (χ0v) is 15.6. The van der Waals surface area contributed by atoms with Crippen LogP contribution in [0.4, 0.5) is 5.69 Å². The van der Waals surface area contributed by atoms with Crippen molar-refractivity contribution in [2.75, 3.05) is 19.0 Å². The molecule has 1 N–H and O–H groups in total. The average molecular weight is 396 g/mol. The first-order valence-corrected chi connectivity index (χ1v) is 8.63. The van der Waals surface area contributed by atoms with Crippen molar-refractivity contribution in [3.8, 4) is 0 Å². The van der Waals surface area contributed by atoms with Crippen LogP contribution in [0.25, 0.3) is 10.8 Å². The maximum Gasteiger partial charge on any atom is 0.271 e. The van der Waals surface area contributed by atoms with Gasteiger partial charge in [-0.3, -0.25) is 4.79 Å². The topological polar surface area (TPSA) is 44.7 Å². The molecule has 4 nitrogen and oxygen atoms in total. The molecule has 0 radical (unpaired) electrons. The number of nitrogens with zero attached hydrogens (tertiary/aromatic N) is 2. The van der Waals surface area contributed by atoms with Gasteiger partial charge >= 0.3 is 0 Å². The van der Waals surface area contributed by atoms with E-state index in [9.17, 15) is 4.79 Å². The molecule has 126 valence electrons. The number of benzene rings is 3. The molecule has 0 atom stereocenters. The molecule has 0 saturated heterocycles. The Morgan fingerprint density at radius 2 is 1.80 bits per heavy atom. The molecule has 0 unspecified atom stereocenters. The Hall–Kier alpha value is -2.66. The van der Waals surface area contributed by atoms with E-state index in [1.165, 1.54) is 0 Å². The van der Waals surface area contributed by atoms with Crippen LogP contribution in [0.2, 0.25) is 0 Å². The van der Waals surface area contributed by atoms with Gasteiger partial charge in [-0.15, -0.1) is 0 Å². The minimum atomic E-state index is -0.231. The Morgan fingerprint density at radius 1 is 1.04 bits per heavy atom. The normalized spacial score (nSPS) is 11.0. The van der Waals surface area contributed by atoms with Gasteiger partial charge in [0.25, 0.3) is 5.91 Å². The Balaban J connectivity index is 1.70. The van der Waals surface area contributed by atoms with Gasteiger partial charge in [0.15, 0.2) is 0 Å². The molecule has 3 aromatic carbocycles. The van der Waals surface area contributed by atoms with Crippen LogP contribution in [0.5, 0.6) is 0 Å². The van der Waals surface area contributed by atoms with E-state index in [-0.39, 0.29) is 5.91 Å². The lowest BCUT2D eigenvalue weighted by Gasteiger charge is -2.14. The van der Waals surface area contributed by atoms with Crippen molar-refractivity contribution >= 4 is 44.5 Å². The predicted molar refractivity (Wildman–Crippen MR) is 107 cm³/mol. The monoisotopic (exact) mass is 395 g/mol. The highest BCUT2D eigenvalue weighted by Crippen LogP contribution is 2.25. The fourth-order valence-electron chi connectivity index (χ4n) is 2.53. The molecule has 1 amide bonds.